The van der Waals surface area contributed by atoms with Gasteiger partial charge in [0.15, 0.2) is 0 Å². The first-order valence-electron chi connectivity index (χ1n) is 5.65. The number of rotatable bonds is 4. The van der Waals surface area contributed by atoms with Gasteiger partial charge in [-0.05, 0) is 30.3 Å². The molecular weight excluding hydrogens is 316 g/mol. The summed E-state index contributed by atoms with van der Waals surface area (Å²) < 4.78 is 2.73. The first-order chi connectivity index (χ1) is 8.61. The van der Waals surface area contributed by atoms with Gasteiger partial charge in [0.2, 0.25) is 0 Å². The molecule has 0 fully saturated rings. The van der Waals surface area contributed by atoms with Crippen molar-refractivity contribution in [2.45, 2.75) is 13.0 Å². The summed E-state index contributed by atoms with van der Waals surface area (Å²) in [7, 11) is 1.88. The fourth-order valence-electron chi connectivity index (χ4n) is 1.90. The molecule has 1 heterocycles. The standard InChI is InChI=1S/C12H14BrClN4/c1-3-15-12(11-7-16-17-18(11)2)8-4-9(13)6-10(14)5-8/h4-7,12,15H,3H2,1-2H3. The topological polar surface area (TPSA) is 42.7 Å². The number of benzene rings is 1. The van der Waals surface area contributed by atoms with E-state index in [1.54, 1.807) is 10.9 Å². The van der Waals surface area contributed by atoms with Crippen molar-refractivity contribution in [3.05, 3.63) is 45.1 Å². The Morgan fingerprint density at radius 2 is 2.22 bits per heavy atom. The van der Waals surface area contributed by atoms with E-state index in [1.807, 2.05) is 25.2 Å². The molecular formula is C12H14BrClN4. The summed E-state index contributed by atoms with van der Waals surface area (Å²) >= 11 is 9.56. The molecule has 0 radical (unpaired) electrons. The molecule has 0 spiro atoms. The molecule has 1 N–H and O–H groups in total. The zero-order chi connectivity index (χ0) is 13.1. The Labute approximate surface area is 119 Å². The maximum Gasteiger partial charge on any atom is 0.0798 e. The van der Waals surface area contributed by atoms with Crippen LogP contribution in [-0.4, -0.2) is 21.5 Å². The largest absolute Gasteiger partial charge is 0.305 e. The Hall–Kier alpha value is -0.910. The molecule has 0 amide bonds. The first-order valence-corrected chi connectivity index (χ1v) is 6.83. The molecule has 18 heavy (non-hydrogen) atoms. The molecule has 1 aromatic heterocycles. The van der Waals surface area contributed by atoms with Crippen molar-refractivity contribution >= 4 is 27.5 Å². The van der Waals surface area contributed by atoms with E-state index in [1.165, 1.54) is 0 Å². The van der Waals surface area contributed by atoms with Crippen molar-refractivity contribution in [3.8, 4) is 0 Å². The minimum atomic E-state index is 0.0324. The zero-order valence-corrected chi connectivity index (χ0v) is 12.5. The molecule has 96 valence electrons. The summed E-state index contributed by atoms with van der Waals surface area (Å²) in [5.41, 5.74) is 2.09. The molecule has 0 aliphatic carbocycles. The van der Waals surface area contributed by atoms with Gasteiger partial charge in [-0.1, -0.05) is 39.7 Å². The molecule has 1 aromatic carbocycles. The van der Waals surface area contributed by atoms with Crippen molar-refractivity contribution in [1.82, 2.24) is 20.3 Å². The second-order valence-electron chi connectivity index (χ2n) is 3.98. The second-order valence-corrected chi connectivity index (χ2v) is 5.33. The van der Waals surface area contributed by atoms with Crippen LogP contribution in [0.2, 0.25) is 5.02 Å². The van der Waals surface area contributed by atoms with Gasteiger partial charge in [-0.2, -0.15) is 0 Å². The molecule has 1 unspecified atom stereocenters. The monoisotopic (exact) mass is 328 g/mol. The molecule has 2 rings (SSSR count). The second kappa shape index (κ2) is 5.82. The lowest BCUT2D eigenvalue weighted by Gasteiger charge is -2.18. The van der Waals surface area contributed by atoms with Crippen LogP contribution in [0.4, 0.5) is 0 Å². The highest BCUT2D eigenvalue weighted by molar-refractivity contribution is 9.10. The molecule has 0 aliphatic rings. The minimum absolute atomic E-state index is 0.0324. The fraction of sp³-hybridized carbons (Fsp3) is 0.333. The van der Waals surface area contributed by atoms with Crippen LogP contribution in [0, 0.1) is 0 Å². The molecule has 1 atom stereocenters. The highest BCUT2D eigenvalue weighted by Crippen LogP contribution is 2.27. The molecule has 0 aliphatic heterocycles. The summed E-state index contributed by atoms with van der Waals surface area (Å²) in [4.78, 5) is 0. The lowest BCUT2D eigenvalue weighted by molar-refractivity contribution is 0.568. The van der Waals surface area contributed by atoms with Gasteiger partial charge < -0.3 is 5.32 Å². The van der Waals surface area contributed by atoms with Gasteiger partial charge in [0.25, 0.3) is 0 Å². The highest BCUT2D eigenvalue weighted by Gasteiger charge is 2.17. The van der Waals surface area contributed by atoms with E-state index in [9.17, 15) is 0 Å². The van der Waals surface area contributed by atoms with Crippen molar-refractivity contribution in [3.63, 3.8) is 0 Å². The minimum Gasteiger partial charge on any atom is -0.305 e. The van der Waals surface area contributed by atoms with Crippen LogP contribution < -0.4 is 5.32 Å². The Kier molecular flexibility index (Phi) is 4.37. The maximum atomic E-state index is 6.10. The third-order valence-electron chi connectivity index (χ3n) is 2.67. The van der Waals surface area contributed by atoms with Gasteiger partial charge in [0.05, 0.1) is 17.9 Å². The number of aromatic nitrogens is 3. The van der Waals surface area contributed by atoms with Crippen molar-refractivity contribution < 1.29 is 0 Å². The molecule has 2 aromatic rings. The third-order valence-corrected chi connectivity index (χ3v) is 3.35. The Morgan fingerprint density at radius 1 is 1.44 bits per heavy atom. The van der Waals surface area contributed by atoms with E-state index in [0.717, 1.165) is 22.3 Å². The molecule has 0 bridgehead atoms. The smallest absolute Gasteiger partial charge is 0.0798 e. The van der Waals surface area contributed by atoms with Gasteiger partial charge in [0, 0.05) is 16.5 Å². The summed E-state index contributed by atoms with van der Waals surface area (Å²) in [6.45, 7) is 2.91. The zero-order valence-electron chi connectivity index (χ0n) is 10.2. The molecule has 0 saturated heterocycles. The highest BCUT2D eigenvalue weighted by atomic mass is 79.9. The van der Waals surface area contributed by atoms with E-state index in [4.69, 9.17) is 11.6 Å². The van der Waals surface area contributed by atoms with Crippen molar-refractivity contribution in [2.75, 3.05) is 6.54 Å². The lowest BCUT2D eigenvalue weighted by atomic mass is 10.0. The molecule has 4 nitrogen and oxygen atoms in total. The lowest BCUT2D eigenvalue weighted by Crippen LogP contribution is -2.24. The van der Waals surface area contributed by atoms with Crippen LogP contribution >= 0.6 is 27.5 Å². The van der Waals surface area contributed by atoms with E-state index >= 15 is 0 Å². The Morgan fingerprint density at radius 3 is 2.78 bits per heavy atom. The first kappa shape index (κ1) is 13.5. The Balaban J connectivity index is 2.44. The number of hydrogen-bond acceptors (Lipinski definition) is 3. The van der Waals surface area contributed by atoms with Crippen LogP contribution in [0.15, 0.2) is 28.9 Å². The Bertz CT molecular complexity index is 520. The molecule has 6 heteroatoms. The van der Waals surface area contributed by atoms with E-state index in [2.05, 4.69) is 38.5 Å². The average Bonchev–Trinajstić information content (AvgIpc) is 2.71. The normalized spacial score (nSPS) is 12.7. The number of hydrogen-bond donors (Lipinski definition) is 1. The quantitative estimate of drug-likeness (QED) is 0.938. The van der Waals surface area contributed by atoms with Gasteiger partial charge in [-0.3, -0.25) is 4.68 Å². The summed E-state index contributed by atoms with van der Waals surface area (Å²) in [5, 5.41) is 12.0. The number of halogens is 2. The van der Waals surface area contributed by atoms with Crippen LogP contribution in [-0.2, 0) is 7.05 Å². The fourth-order valence-corrected chi connectivity index (χ4v) is 2.78. The van der Waals surface area contributed by atoms with Gasteiger partial charge >= 0.3 is 0 Å². The van der Waals surface area contributed by atoms with Crippen LogP contribution in [0.25, 0.3) is 0 Å². The van der Waals surface area contributed by atoms with Crippen molar-refractivity contribution in [1.29, 1.82) is 0 Å². The maximum absolute atomic E-state index is 6.10. The van der Waals surface area contributed by atoms with E-state index in [0.29, 0.717) is 5.02 Å². The average molecular weight is 330 g/mol. The summed E-state index contributed by atoms with van der Waals surface area (Å²) in [6, 6.07) is 5.90. The van der Waals surface area contributed by atoms with Gasteiger partial charge in [-0.15, -0.1) is 5.10 Å². The van der Waals surface area contributed by atoms with E-state index in [-0.39, 0.29) is 6.04 Å². The predicted octanol–water partition coefficient (Wildman–Crippen LogP) is 2.93. The summed E-state index contributed by atoms with van der Waals surface area (Å²) in [6.07, 6.45) is 1.77. The number of nitrogens with one attached hydrogen (secondary N) is 1. The third kappa shape index (κ3) is 2.91. The van der Waals surface area contributed by atoms with Gasteiger partial charge in [-0.25, -0.2) is 0 Å². The predicted molar refractivity (Wildman–Crippen MR) is 75.7 cm³/mol. The number of nitrogens with zero attached hydrogens (tertiary/aromatic N) is 3. The van der Waals surface area contributed by atoms with Crippen molar-refractivity contribution in [2.24, 2.45) is 7.05 Å². The molecule has 0 saturated carbocycles. The van der Waals surface area contributed by atoms with Gasteiger partial charge in [0.1, 0.15) is 0 Å². The number of aryl methyl sites for hydroxylation is 1. The SMILES string of the molecule is CCNC(c1cc(Cl)cc(Br)c1)c1cnnn1C. The van der Waals surface area contributed by atoms with Crippen LogP contribution in [0.1, 0.15) is 24.2 Å². The van der Waals surface area contributed by atoms with Crippen LogP contribution in [0.3, 0.4) is 0 Å². The van der Waals surface area contributed by atoms with Crippen LogP contribution in [0.5, 0.6) is 0 Å². The summed E-state index contributed by atoms with van der Waals surface area (Å²) in [5.74, 6) is 0. The van der Waals surface area contributed by atoms with E-state index < -0.39 is 0 Å².